The molecule has 0 radical (unpaired) electrons. The smallest absolute Gasteiger partial charge is 0.0765 e. The number of methoxy groups -OCH3 is 1. The minimum absolute atomic E-state index is 0.574. The molecule has 0 aromatic carbocycles. The maximum atomic E-state index is 10.3. The Morgan fingerprint density at radius 2 is 2.16 bits per heavy atom. The Hall–Kier alpha value is -0.160. The van der Waals surface area contributed by atoms with Crippen molar-refractivity contribution in [3.8, 4) is 0 Å². The van der Waals surface area contributed by atoms with Crippen LogP contribution >= 0.6 is 0 Å². The second-order valence-corrected chi connectivity index (χ2v) is 6.52. The molecule has 4 nitrogen and oxygen atoms in total. The third kappa shape index (κ3) is 4.42. The Labute approximate surface area is 117 Å². The molecule has 3 N–H and O–H groups in total. The second kappa shape index (κ2) is 7.02. The molecule has 4 unspecified atom stereocenters. The summed E-state index contributed by atoms with van der Waals surface area (Å²) in [6.45, 7) is 4.37. The normalized spacial score (nSPS) is 34.6. The summed E-state index contributed by atoms with van der Waals surface area (Å²) in [6, 6.07) is 1.27. The topological polar surface area (TPSA) is 53.5 Å². The van der Waals surface area contributed by atoms with Crippen LogP contribution in [0.25, 0.3) is 0 Å². The van der Waals surface area contributed by atoms with Crippen LogP contribution < -0.4 is 10.6 Å². The molecule has 4 atom stereocenters. The van der Waals surface area contributed by atoms with Gasteiger partial charge in [0.2, 0.25) is 0 Å². The Morgan fingerprint density at radius 3 is 2.84 bits per heavy atom. The molecule has 2 aliphatic rings. The summed E-state index contributed by atoms with van der Waals surface area (Å²) < 4.78 is 5.05. The molecule has 1 saturated heterocycles. The molecule has 0 amide bonds. The first-order chi connectivity index (χ1) is 9.12. The lowest BCUT2D eigenvalue weighted by atomic mass is 9.92. The van der Waals surface area contributed by atoms with Gasteiger partial charge in [0, 0.05) is 38.8 Å². The van der Waals surface area contributed by atoms with Gasteiger partial charge in [-0.3, -0.25) is 0 Å². The lowest BCUT2D eigenvalue weighted by molar-refractivity contribution is 0.0213. The lowest BCUT2D eigenvalue weighted by Gasteiger charge is -2.30. The molecule has 1 aliphatic carbocycles. The van der Waals surface area contributed by atoms with E-state index in [0.717, 1.165) is 5.92 Å². The average Bonchev–Trinajstić information content (AvgIpc) is 3.04. The Bertz CT molecular complexity index is 265. The van der Waals surface area contributed by atoms with Crippen molar-refractivity contribution in [2.24, 2.45) is 5.92 Å². The average molecular weight is 270 g/mol. The monoisotopic (exact) mass is 270 g/mol. The lowest BCUT2D eigenvalue weighted by Crippen LogP contribution is -2.47. The number of rotatable bonds is 7. The summed E-state index contributed by atoms with van der Waals surface area (Å²) in [5, 5.41) is 17.5. The molecule has 4 heteroatoms. The van der Waals surface area contributed by atoms with Crippen molar-refractivity contribution in [1.29, 1.82) is 0 Å². The Kier molecular flexibility index (Phi) is 5.63. The summed E-state index contributed by atoms with van der Waals surface area (Å²) in [5.74, 6) is 0.751. The van der Waals surface area contributed by atoms with Crippen LogP contribution in [0, 0.1) is 5.92 Å². The molecule has 1 saturated carbocycles. The van der Waals surface area contributed by atoms with Gasteiger partial charge in [-0.1, -0.05) is 6.42 Å². The van der Waals surface area contributed by atoms with Gasteiger partial charge in [-0.15, -0.1) is 0 Å². The zero-order valence-corrected chi connectivity index (χ0v) is 12.5. The van der Waals surface area contributed by atoms with Crippen LogP contribution in [-0.2, 0) is 4.74 Å². The van der Waals surface area contributed by atoms with E-state index in [1.165, 1.54) is 38.6 Å². The third-order valence-electron chi connectivity index (χ3n) is 4.77. The summed E-state index contributed by atoms with van der Waals surface area (Å²) in [5.41, 5.74) is -0.660. The first-order valence-electron chi connectivity index (χ1n) is 7.80. The molecular formula is C15H30N2O2. The van der Waals surface area contributed by atoms with Crippen molar-refractivity contribution in [3.05, 3.63) is 0 Å². The van der Waals surface area contributed by atoms with Crippen molar-refractivity contribution in [2.45, 2.75) is 63.1 Å². The zero-order valence-electron chi connectivity index (χ0n) is 12.5. The molecule has 0 aromatic rings. The van der Waals surface area contributed by atoms with E-state index in [-0.39, 0.29) is 0 Å². The highest BCUT2D eigenvalue weighted by atomic mass is 16.5. The summed E-state index contributed by atoms with van der Waals surface area (Å²) in [4.78, 5) is 0. The van der Waals surface area contributed by atoms with Gasteiger partial charge in [0.15, 0.2) is 0 Å². The van der Waals surface area contributed by atoms with Gasteiger partial charge in [-0.25, -0.2) is 0 Å². The van der Waals surface area contributed by atoms with E-state index >= 15 is 0 Å². The van der Waals surface area contributed by atoms with Crippen molar-refractivity contribution in [3.63, 3.8) is 0 Å². The first kappa shape index (κ1) is 15.2. The quantitative estimate of drug-likeness (QED) is 0.652. The second-order valence-electron chi connectivity index (χ2n) is 6.52. The molecule has 1 heterocycles. The van der Waals surface area contributed by atoms with Crippen molar-refractivity contribution >= 4 is 0 Å². The largest absolute Gasteiger partial charge is 0.389 e. The predicted molar refractivity (Wildman–Crippen MR) is 77.3 cm³/mol. The van der Waals surface area contributed by atoms with Crippen LogP contribution in [0.2, 0.25) is 0 Å². The maximum Gasteiger partial charge on any atom is 0.0765 e. The van der Waals surface area contributed by atoms with E-state index in [4.69, 9.17) is 4.74 Å². The van der Waals surface area contributed by atoms with E-state index < -0.39 is 5.60 Å². The van der Waals surface area contributed by atoms with E-state index in [2.05, 4.69) is 10.6 Å². The highest BCUT2D eigenvalue weighted by molar-refractivity contribution is 4.94. The standard InChI is InChI=1S/C15H30N2O2/c1-15(18,8-10-19-2)11-17-14-6-3-5-12(14)13-7-4-9-16-13/h12-14,16-18H,3-11H2,1-2H3. The summed E-state index contributed by atoms with van der Waals surface area (Å²) in [6.07, 6.45) is 7.23. The van der Waals surface area contributed by atoms with Crippen molar-refractivity contribution in [1.82, 2.24) is 10.6 Å². The number of ether oxygens (including phenoxy) is 1. The molecular weight excluding hydrogens is 240 g/mol. The molecule has 112 valence electrons. The molecule has 19 heavy (non-hydrogen) atoms. The number of aliphatic hydroxyl groups is 1. The van der Waals surface area contributed by atoms with Crippen LogP contribution in [-0.4, -0.2) is 49.6 Å². The van der Waals surface area contributed by atoms with E-state index in [1.807, 2.05) is 6.92 Å². The minimum atomic E-state index is -0.660. The van der Waals surface area contributed by atoms with Gasteiger partial charge in [-0.2, -0.15) is 0 Å². The molecule has 2 rings (SSSR count). The molecule has 1 aliphatic heterocycles. The maximum absolute atomic E-state index is 10.3. The van der Waals surface area contributed by atoms with Crippen LogP contribution in [0.1, 0.15) is 45.4 Å². The SMILES string of the molecule is COCCC(C)(O)CNC1CCCC1C1CCCN1. The fourth-order valence-corrected chi connectivity index (χ4v) is 3.56. The zero-order chi connectivity index (χ0) is 13.7. The van der Waals surface area contributed by atoms with E-state index in [1.54, 1.807) is 7.11 Å². The molecule has 0 bridgehead atoms. The number of hydrogen-bond acceptors (Lipinski definition) is 4. The van der Waals surface area contributed by atoms with Gasteiger partial charge in [0.25, 0.3) is 0 Å². The number of hydrogen-bond donors (Lipinski definition) is 3. The molecule has 0 spiro atoms. The van der Waals surface area contributed by atoms with E-state index in [0.29, 0.717) is 31.7 Å². The van der Waals surface area contributed by atoms with Gasteiger partial charge >= 0.3 is 0 Å². The van der Waals surface area contributed by atoms with Crippen molar-refractivity contribution < 1.29 is 9.84 Å². The van der Waals surface area contributed by atoms with Gasteiger partial charge < -0.3 is 20.5 Å². The van der Waals surface area contributed by atoms with Gasteiger partial charge in [0.1, 0.15) is 0 Å². The van der Waals surface area contributed by atoms with Crippen LogP contribution in [0.5, 0.6) is 0 Å². The van der Waals surface area contributed by atoms with Crippen LogP contribution in [0.4, 0.5) is 0 Å². The van der Waals surface area contributed by atoms with Crippen LogP contribution in [0.3, 0.4) is 0 Å². The highest BCUT2D eigenvalue weighted by Gasteiger charge is 2.35. The predicted octanol–water partition coefficient (Wildman–Crippen LogP) is 1.28. The fourth-order valence-electron chi connectivity index (χ4n) is 3.56. The summed E-state index contributed by atoms with van der Waals surface area (Å²) >= 11 is 0. The minimum Gasteiger partial charge on any atom is -0.389 e. The molecule has 2 fully saturated rings. The third-order valence-corrected chi connectivity index (χ3v) is 4.77. The Morgan fingerprint density at radius 1 is 1.32 bits per heavy atom. The van der Waals surface area contributed by atoms with Crippen LogP contribution in [0.15, 0.2) is 0 Å². The molecule has 0 aromatic heterocycles. The Balaban J connectivity index is 1.77. The fraction of sp³-hybridized carbons (Fsp3) is 1.00. The summed E-state index contributed by atoms with van der Waals surface area (Å²) in [7, 11) is 1.68. The van der Waals surface area contributed by atoms with Gasteiger partial charge in [0.05, 0.1) is 5.60 Å². The van der Waals surface area contributed by atoms with E-state index in [9.17, 15) is 5.11 Å². The first-order valence-corrected chi connectivity index (χ1v) is 7.80. The highest BCUT2D eigenvalue weighted by Crippen LogP contribution is 2.32. The van der Waals surface area contributed by atoms with Gasteiger partial charge in [-0.05, 0) is 45.1 Å². The number of nitrogens with one attached hydrogen (secondary N) is 2. The van der Waals surface area contributed by atoms with Crippen molar-refractivity contribution in [2.75, 3.05) is 26.8 Å².